The van der Waals surface area contributed by atoms with Crippen molar-refractivity contribution < 1.29 is 0 Å². The SMILES string of the molecule is N#Cc1ccc(C2=CCN(Cc3cnc4cc(Cl)c(=O)[nH]c4c3)CC2)nc1. The van der Waals surface area contributed by atoms with Crippen LogP contribution < -0.4 is 5.56 Å². The zero-order valence-electron chi connectivity index (χ0n) is 14.4. The Kier molecular flexibility index (Phi) is 4.71. The van der Waals surface area contributed by atoms with Crippen molar-refractivity contribution >= 4 is 28.2 Å². The Morgan fingerprint density at radius 1 is 1.26 bits per heavy atom. The Morgan fingerprint density at radius 3 is 2.85 bits per heavy atom. The van der Waals surface area contributed by atoms with Gasteiger partial charge >= 0.3 is 0 Å². The summed E-state index contributed by atoms with van der Waals surface area (Å²) < 4.78 is 0. The van der Waals surface area contributed by atoms with Crippen molar-refractivity contribution in [2.45, 2.75) is 13.0 Å². The molecule has 0 amide bonds. The normalized spacial score (nSPS) is 14.7. The average molecular weight is 378 g/mol. The van der Waals surface area contributed by atoms with E-state index in [1.165, 1.54) is 5.57 Å². The van der Waals surface area contributed by atoms with Crippen LogP contribution in [0.5, 0.6) is 0 Å². The minimum atomic E-state index is -0.302. The van der Waals surface area contributed by atoms with Crippen LogP contribution >= 0.6 is 11.6 Å². The zero-order chi connectivity index (χ0) is 18.8. The van der Waals surface area contributed by atoms with Crippen molar-refractivity contribution in [2.75, 3.05) is 13.1 Å². The van der Waals surface area contributed by atoms with Crippen molar-refractivity contribution in [2.24, 2.45) is 0 Å². The quantitative estimate of drug-likeness (QED) is 0.757. The van der Waals surface area contributed by atoms with Crippen molar-refractivity contribution in [3.63, 3.8) is 0 Å². The van der Waals surface area contributed by atoms with E-state index < -0.39 is 0 Å². The number of fused-ring (bicyclic) bond motifs is 1. The lowest BCUT2D eigenvalue weighted by atomic mass is 10.0. The van der Waals surface area contributed by atoms with Gasteiger partial charge in [-0.2, -0.15) is 5.26 Å². The summed E-state index contributed by atoms with van der Waals surface area (Å²) in [6, 6.07) is 9.31. The number of hydrogen-bond acceptors (Lipinski definition) is 5. The number of nitrogens with one attached hydrogen (secondary N) is 1. The number of rotatable bonds is 3. The molecule has 27 heavy (non-hydrogen) atoms. The lowest BCUT2D eigenvalue weighted by Crippen LogP contribution is -2.28. The molecule has 6 nitrogen and oxygen atoms in total. The third kappa shape index (κ3) is 3.75. The summed E-state index contributed by atoms with van der Waals surface area (Å²) in [5, 5.41) is 9.01. The summed E-state index contributed by atoms with van der Waals surface area (Å²) in [4.78, 5) is 25.5. The second-order valence-electron chi connectivity index (χ2n) is 6.48. The lowest BCUT2D eigenvalue weighted by molar-refractivity contribution is 0.293. The molecule has 0 saturated heterocycles. The topological polar surface area (TPSA) is 85.7 Å². The average Bonchev–Trinajstić information content (AvgIpc) is 2.70. The predicted octanol–water partition coefficient (Wildman–Crippen LogP) is 3.13. The minimum absolute atomic E-state index is 0.146. The fourth-order valence-corrected chi connectivity index (χ4v) is 3.33. The molecule has 0 atom stereocenters. The molecule has 1 N–H and O–H groups in total. The molecule has 0 radical (unpaired) electrons. The van der Waals surface area contributed by atoms with Crippen molar-refractivity contribution in [1.82, 2.24) is 19.9 Å². The van der Waals surface area contributed by atoms with E-state index in [0.717, 1.165) is 37.3 Å². The van der Waals surface area contributed by atoms with Gasteiger partial charge in [-0.3, -0.25) is 19.7 Å². The Hall–Kier alpha value is -3.01. The highest BCUT2D eigenvalue weighted by atomic mass is 35.5. The minimum Gasteiger partial charge on any atom is -0.319 e. The van der Waals surface area contributed by atoms with E-state index >= 15 is 0 Å². The van der Waals surface area contributed by atoms with Gasteiger partial charge in [0.1, 0.15) is 11.1 Å². The Morgan fingerprint density at radius 2 is 2.15 bits per heavy atom. The second-order valence-corrected chi connectivity index (χ2v) is 6.89. The molecule has 0 unspecified atom stereocenters. The molecule has 3 aromatic rings. The fraction of sp³-hybridized carbons (Fsp3) is 0.200. The number of nitriles is 1. The summed E-state index contributed by atoms with van der Waals surface area (Å²) in [6.07, 6.45) is 6.50. The second kappa shape index (κ2) is 7.31. The maximum atomic E-state index is 11.7. The highest BCUT2D eigenvalue weighted by molar-refractivity contribution is 6.30. The van der Waals surface area contributed by atoms with Crippen LogP contribution in [0.15, 0.2) is 47.5 Å². The van der Waals surface area contributed by atoms with Crippen LogP contribution in [0.25, 0.3) is 16.6 Å². The van der Waals surface area contributed by atoms with Crippen molar-refractivity contribution in [1.29, 1.82) is 5.26 Å². The summed E-state index contributed by atoms with van der Waals surface area (Å²) in [5.41, 5.74) is 4.80. The van der Waals surface area contributed by atoms with Crippen LogP contribution in [0, 0.1) is 11.3 Å². The van der Waals surface area contributed by atoms with Crippen molar-refractivity contribution in [3.05, 3.63) is 74.9 Å². The van der Waals surface area contributed by atoms with Crippen LogP contribution in [0.2, 0.25) is 5.02 Å². The molecule has 0 aromatic carbocycles. The van der Waals surface area contributed by atoms with Gasteiger partial charge < -0.3 is 4.98 Å². The predicted molar refractivity (Wildman–Crippen MR) is 104 cm³/mol. The molecule has 4 heterocycles. The number of pyridine rings is 3. The third-order valence-electron chi connectivity index (χ3n) is 4.62. The Labute approximate surface area is 160 Å². The summed E-state index contributed by atoms with van der Waals surface area (Å²) in [6.45, 7) is 2.47. The number of aromatic nitrogens is 3. The van der Waals surface area contributed by atoms with E-state index in [9.17, 15) is 4.79 Å². The lowest BCUT2D eigenvalue weighted by Gasteiger charge is -2.26. The van der Waals surface area contributed by atoms with Gasteiger partial charge in [-0.25, -0.2) is 0 Å². The number of hydrogen-bond donors (Lipinski definition) is 1. The number of nitrogens with zero attached hydrogens (tertiary/aromatic N) is 4. The van der Waals surface area contributed by atoms with Gasteiger partial charge in [0.2, 0.25) is 0 Å². The first-order chi connectivity index (χ1) is 13.1. The molecular formula is C20H16ClN5O. The van der Waals surface area contributed by atoms with Gasteiger partial charge in [-0.15, -0.1) is 0 Å². The first-order valence-electron chi connectivity index (χ1n) is 8.58. The molecule has 0 spiro atoms. The summed E-state index contributed by atoms with van der Waals surface area (Å²) in [5.74, 6) is 0. The fourth-order valence-electron chi connectivity index (χ4n) is 3.18. The standard InChI is InChI=1S/C20H16ClN5O/c21-16-8-18-19(25-20(16)27)7-14(11-24-18)12-26-5-3-15(4-6-26)17-2-1-13(9-22)10-23-17/h1-3,7-8,10-11H,4-6,12H2,(H,25,27). The van der Waals surface area contributed by atoms with E-state index in [2.05, 4.69) is 32.0 Å². The Balaban J connectivity index is 1.47. The van der Waals surface area contributed by atoms with Gasteiger partial charge in [0.05, 0.1) is 22.3 Å². The Bertz CT molecular complexity index is 1130. The molecule has 0 saturated carbocycles. The van der Waals surface area contributed by atoms with E-state index in [1.54, 1.807) is 18.3 Å². The summed E-state index contributed by atoms with van der Waals surface area (Å²) >= 11 is 5.84. The molecule has 7 heteroatoms. The van der Waals surface area contributed by atoms with E-state index in [4.69, 9.17) is 16.9 Å². The number of H-pyrrole nitrogens is 1. The highest BCUT2D eigenvalue weighted by Crippen LogP contribution is 2.22. The largest absolute Gasteiger partial charge is 0.319 e. The van der Waals surface area contributed by atoms with E-state index in [-0.39, 0.29) is 10.6 Å². The van der Waals surface area contributed by atoms with Crippen molar-refractivity contribution in [3.8, 4) is 6.07 Å². The highest BCUT2D eigenvalue weighted by Gasteiger charge is 2.14. The van der Waals surface area contributed by atoms with Crippen LogP contribution in [0.3, 0.4) is 0 Å². The molecule has 3 aromatic heterocycles. The van der Waals surface area contributed by atoms with Crippen LogP contribution in [-0.2, 0) is 6.54 Å². The number of halogens is 1. The van der Waals surface area contributed by atoms with Gasteiger partial charge in [-0.1, -0.05) is 17.7 Å². The van der Waals surface area contributed by atoms with Gasteiger partial charge in [-0.05, 0) is 41.8 Å². The molecule has 0 bridgehead atoms. The monoisotopic (exact) mass is 377 g/mol. The first-order valence-corrected chi connectivity index (χ1v) is 8.95. The van der Waals surface area contributed by atoms with Crippen LogP contribution in [0.1, 0.15) is 23.2 Å². The molecule has 1 aliphatic rings. The van der Waals surface area contributed by atoms with Gasteiger partial charge in [0, 0.05) is 32.0 Å². The molecule has 0 fully saturated rings. The molecule has 4 rings (SSSR count). The summed E-state index contributed by atoms with van der Waals surface area (Å²) in [7, 11) is 0. The maximum absolute atomic E-state index is 11.7. The molecular weight excluding hydrogens is 362 g/mol. The zero-order valence-corrected chi connectivity index (χ0v) is 15.2. The first kappa shape index (κ1) is 17.4. The maximum Gasteiger partial charge on any atom is 0.267 e. The molecule has 1 aliphatic heterocycles. The van der Waals surface area contributed by atoms with Crippen LogP contribution in [-0.4, -0.2) is 32.9 Å². The molecule has 0 aliphatic carbocycles. The van der Waals surface area contributed by atoms with E-state index in [1.807, 2.05) is 18.3 Å². The third-order valence-corrected chi connectivity index (χ3v) is 4.91. The molecule has 134 valence electrons. The van der Waals surface area contributed by atoms with E-state index in [0.29, 0.717) is 16.6 Å². The number of aromatic amines is 1. The smallest absolute Gasteiger partial charge is 0.267 e. The van der Waals surface area contributed by atoms with Gasteiger partial charge in [0.25, 0.3) is 5.56 Å². The van der Waals surface area contributed by atoms with Gasteiger partial charge in [0.15, 0.2) is 0 Å². The van der Waals surface area contributed by atoms with Crippen LogP contribution in [0.4, 0.5) is 0 Å².